The molecule has 16 heavy (non-hydrogen) atoms. The van der Waals surface area contributed by atoms with Crippen molar-refractivity contribution in [3.8, 4) is 6.07 Å². The summed E-state index contributed by atoms with van der Waals surface area (Å²) in [5, 5.41) is 8.55. The summed E-state index contributed by atoms with van der Waals surface area (Å²) in [6.45, 7) is 7.89. The number of rotatable bonds is 4. The Morgan fingerprint density at radius 3 is 2.38 bits per heavy atom. The maximum absolute atomic E-state index is 11.4. The van der Waals surface area contributed by atoms with Gasteiger partial charge in [0, 0.05) is 26.2 Å². The van der Waals surface area contributed by atoms with Crippen molar-refractivity contribution in [3.05, 3.63) is 0 Å². The molecule has 0 aromatic heterocycles. The highest BCUT2D eigenvalue weighted by Gasteiger charge is 2.19. The van der Waals surface area contributed by atoms with Crippen LogP contribution in [0, 0.1) is 11.3 Å². The molecule has 1 aliphatic heterocycles. The highest BCUT2D eigenvalue weighted by atomic mass is 16.5. The normalized spacial score (nSPS) is 18.4. The van der Waals surface area contributed by atoms with Crippen molar-refractivity contribution in [2.24, 2.45) is 0 Å². The van der Waals surface area contributed by atoms with Gasteiger partial charge in [-0.15, -0.1) is 0 Å². The Balaban J connectivity index is 2.22. The van der Waals surface area contributed by atoms with E-state index >= 15 is 0 Å². The van der Waals surface area contributed by atoms with Crippen molar-refractivity contribution >= 4 is 5.97 Å². The molecule has 0 aromatic carbocycles. The minimum absolute atomic E-state index is 0.0487. The van der Waals surface area contributed by atoms with Gasteiger partial charge < -0.3 is 4.74 Å². The third-order valence-electron chi connectivity index (χ3n) is 2.48. The summed E-state index contributed by atoms with van der Waals surface area (Å²) in [6.07, 6.45) is -0.0487. The Kier molecular flexibility index (Phi) is 5.23. The summed E-state index contributed by atoms with van der Waals surface area (Å²) in [5.41, 5.74) is 0. The van der Waals surface area contributed by atoms with Gasteiger partial charge in [0.15, 0.2) is 0 Å². The number of ether oxygens (including phenoxy) is 1. The molecular formula is C11H19N3O2. The summed E-state index contributed by atoms with van der Waals surface area (Å²) in [6, 6.07) is 2.13. The molecule has 1 aliphatic rings. The summed E-state index contributed by atoms with van der Waals surface area (Å²) < 4.78 is 5.08. The molecule has 1 heterocycles. The Morgan fingerprint density at radius 2 is 1.88 bits per heavy atom. The van der Waals surface area contributed by atoms with E-state index in [4.69, 9.17) is 10.00 Å². The Morgan fingerprint density at radius 1 is 1.31 bits per heavy atom. The first-order chi connectivity index (χ1) is 7.61. The van der Waals surface area contributed by atoms with Crippen molar-refractivity contribution in [3.63, 3.8) is 0 Å². The van der Waals surface area contributed by atoms with Crippen molar-refractivity contribution in [2.45, 2.75) is 20.0 Å². The van der Waals surface area contributed by atoms with E-state index in [0.29, 0.717) is 13.1 Å². The number of carbonyl (C=O) groups excluding carboxylic acids is 1. The molecule has 5 nitrogen and oxygen atoms in total. The lowest BCUT2D eigenvalue weighted by Crippen LogP contribution is -2.48. The van der Waals surface area contributed by atoms with Crippen molar-refractivity contribution in [1.29, 1.82) is 5.26 Å². The Bertz CT molecular complexity index is 265. The Labute approximate surface area is 96.6 Å². The van der Waals surface area contributed by atoms with E-state index in [1.807, 2.05) is 13.8 Å². The molecule has 5 heteroatoms. The highest BCUT2D eigenvalue weighted by molar-refractivity contribution is 5.71. The maximum Gasteiger partial charge on any atom is 0.320 e. The zero-order valence-electron chi connectivity index (χ0n) is 9.98. The fourth-order valence-corrected chi connectivity index (χ4v) is 1.69. The quantitative estimate of drug-likeness (QED) is 0.501. The molecule has 0 aromatic rings. The van der Waals surface area contributed by atoms with Crippen LogP contribution in [-0.4, -0.2) is 61.1 Å². The minimum atomic E-state index is -0.163. The predicted molar refractivity (Wildman–Crippen MR) is 59.7 cm³/mol. The fraction of sp³-hybridized carbons (Fsp3) is 0.818. The number of nitrogens with zero attached hydrogens (tertiary/aromatic N) is 3. The molecular weight excluding hydrogens is 206 g/mol. The van der Waals surface area contributed by atoms with Crippen LogP contribution < -0.4 is 0 Å². The largest absolute Gasteiger partial charge is 0.462 e. The number of esters is 1. The van der Waals surface area contributed by atoms with Crippen LogP contribution in [0.1, 0.15) is 13.8 Å². The van der Waals surface area contributed by atoms with Crippen molar-refractivity contribution in [2.75, 3.05) is 39.3 Å². The number of carbonyl (C=O) groups is 1. The molecule has 1 rings (SSSR count). The molecule has 0 amide bonds. The van der Waals surface area contributed by atoms with Gasteiger partial charge in [-0.05, 0) is 13.8 Å². The summed E-state index contributed by atoms with van der Waals surface area (Å²) in [7, 11) is 0. The molecule has 1 fully saturated rings. The zero-order valence-corrected chi connectivity index (χ0v) is 9.98. The molecule has 0 radical (unpaired) electrons. The SMILES string of the molecule is CC(C)OC(=O)CN1CCN(CC#N)CC1. The summed E-state index contributed by atoms with van der Waals surface area (Å²) in [4.78, 5) is 15.6. The first kappa shape index (κ1) is 12.9. The van der Waals surface area contributed by atoms with Crippen LogP contribution in [0.4, 0.5) is 0 Å². The number of hydrogen-bond acceptors (Lipinski definition) is 5. The smallest absolute Gasteiger partial charge is 0.320 e. The molecule has 0 saturated carbocycles. The van der Waals surface area contributed by atoms with Crippen LogP contribution >= 0.6 is 0 Å². The van der Waals surface area contributed by atoms with Gasteiger partial charge in [0.2, 0.25) is 0 Å². The van der Waals surface area contributed by atoms with Crippen LogP contribution in [0.2, 0.25) is 0 Å². The molecule has 90 valence electrons. The lowest BCUT2D eigenvalue weighted by atomic mass is 10.3. The molecule has 0 aliphatic carbocycles. The molecule has 0 N–H and O–H groups in total. The van der Waals surface area contributed by atoms with Crippen LogP contribution in [-0.2, 0) is 9.53 Å². The lowest BCUT2D eigenvalue weighted by molar-refractivity contribution is -0.149. The van der Waals surface area contributed by atoms with E-state index in [-0.39, 0.29) is 12.1 Å². The fourth-order valence-electron chi connectivity index (χ4n) is 1.69. The van der Waals surface area contributed by atoms with Gasteiger partial charge in [0.1, 0.15) is 0 Å². The maximum atomic E-state index is 11.4. The van der Waals surface area contributed by atoms with E-state index < -0.39 is 0 Å². The van der Waals surface area contributed by atoms with Crippen LogP contribution in [0.5, 0.6) is 0 Å². The van der Waals surface area contributed by atoms with Gasteiger partial charge in [0.05, 0.1) is 25.3 Å². The molecule has 0 spiro atoms. The van der Waals surface area contributed by atoms with Gasteiger partial charge in [-0.3, -0.25) is 14.6 Å². The van der Waals surface area contributed by atoms with E-state index in [0.717, 1.165) is 26.2 Å². The molecule has 0 unspecified atom stereocenters. The topological polar surface area (TPSA) is 56.6 Å². The first-order valence-corrected chi connectivity index (χ1v) is 5.63. The molecule has 0 bridgehead atoms. The third-order valence-corrected chi connectivity index (χ3v) is 2.48. The monoisotopic (exact) mass is 225 g/mol. The average molecular weight is 225 g/mol. The van der Waals surface area contributed by atoms with Gasteiger partial charge in [0.25, 0.3) is 0 Å². The minimum Gasteiger partial charge on any atom is -0.462 e. The number of nitriles is 1. The predicted octanol–water partition coefficient (Wildman–Crippen LogP) is 0.0792. The van der Waals surface area contributed by atoms with Gasteiger partial charge in [-0.1, -0.05) is 0 Å². The first-order valence-electron chi connectivity index (χ1n) is 5.63. The van der Waals surface area contributed by atoms with Crippen molar-refractivity contribution in [1.82, 2.24) is 9.80 Å². The highest BCUT2D eigenvalue weighted by Crippen LogP contribution is 2.01. The third kappa shape index (κ3) is 4.60. The van der Waals surface area contributed by atoms with E-state index in [1.54, 1.807) is 0 Å². The van der Waals surface area contributed by atoms with E-state index in [2.05, 4.69) is 15.9 Å². The van der Waals surface area contributed by atoms with Crippen molar-refractivity contribution < 1.29 is 9.53 Å². The van der Waals surface area contributed by atoms with Gasteiger partial charge in [-0.2, -0.15) is 5.26 Å². The second kappa shape index (κ2) is 6.46. The molecule has 1 saturated heterocycles. The van der Waals surface area contributed by atoms with E-state index in [1.165, 1.54) is 0 Å². The second-order valence-corrected chi connectivity index (χ2v) is 4.25. The summed E-state index contributed by atoms with van der Waals surface area (Å²) >= 11 is 0. The summed E-state index contributed by atoms with van der Waals surface area (Å²) in [5.74, 6) is -0.163. The number of piperazine rings is 1. The van der Waals surface area contributed by atoms with E-state index in [9.17, 15) is 4.79 Å². The molecule has 0 atom stereocenters. The lowest BCUT2D eigenvalue weighted by Gasteiger charge is -2.32. The zero-order chi connectivity index (χ0) is 12.0. The Hall–Kier alpha value is -1.12. The second-order valence-electron chi connectivity index (χ2n) is 4.25. The standard InChI is InChI=1S/C11H19N3O2/c1-10(2)16-11(15)9-14-7-5-13(4-3-12)6-8-14/h10H,4-9H2,1-2H3. The van der Waals surface area contributed by atoms with Crippen LogP contribution in [0.25, 0.3) is 0 Å². The van der Waals surface area contributed by atoms with Gasteiger partial charge in [-0.25, -0.2) is 0 Å². The van der Waals surface area contributed by atoms with Gasteiger partial charge >= 0.3 is 5.97 Å². The van der Waals surface area contributed by atoms with Crippen LogP contribution in [0.15, 0.2) is 0 Å². The van der Waals surface area contributed by atoms with Crippen LogP contribution in [0.3, 0.4) is 0 Å². The number of hydrogen-bond donors (Lipinski definition) is 0. The average Bonchev–Trinajstić information content (AvgIpc) is 2.20.